The minimum atomic E-state index is -0.240. The number of hydrogen-bond donors (Lipinski definition) is 2. The molecule has 2 rings (SSSR count). The number of carbonyl (C=O) groups excluding carboxylic acids is 1. The van der Waals surface area contributed by atoms with E-state index in [0.717, 1.165) is 12.1 Å². The van der Waals surface area contributed by atoms with Gasteiger partial charge in [-0.25, -0.2) is 0 Å². The minimum absolute atomic E-state index is 0. The molecule has 1 aromatic rings. The summed E-state index contributed by atoms with van der Waals surface area (Å²) < 4.78 is 0.200. The van der Waals surface area contributed by atoms with Crippen LogP contribution in [-0.4, -0.2) is 29.5 Å². The maximum atomic E-state index is 12.3. The highest BCUT2D eigenvalue weighted by Gasteiger charge is 2.30. The molecule has 112 valence electrons. The van der Waals surface area contributed by atoms with Gasteiger partial charge in [0.25, 0.3) is 0 Å². The zero-order chi connectivity index (χ0) is 13.7. The van der Waals surface area contributed by atoms with Gasteiger partial charge in [-0.3, -0.25) is 4.79 Å². The molecule has 3 nitrogen and oxygen atoms in total. The predicted octanol–water partition coefficient (Wildman–Crippen LogP) is 2.55. The van der Waals surface area contributed by atoms with Gasteiger partial charge in [-0.1, -0.05) is 30.3 Å². The molecule has 2 atom stereocenters. The Balaban J connectivity index is 0.00000200. The second kappa shape index (κ2) is 7.91. The van der Waals surface area contributed by atoms with Crippen LogP contribution < -0.4 is 11.1 Å². The van der Waals surface area contributed by atoms with Crippen molar-refractivity contribution in [3.63, 3.8) is 0 Å². The Morgan fingerprint density at radius 1 is 1.45 bits per heavy atom. The number of halogens is 1. The van der Waals surface area contributed by atoms with E-state index in [9.17, 15) is 4.79 Å². The van der Waals surface area contributed by atoms with E-state index in [4.69, 9.17) is 5.73 Å². The highest BCUT2D eigenvalue weighted by Crippen LogP contribution is 2.37. The van der Waals surface area contributed by atoms with Crippen LogP contribution in [0.1, 0.15) is 31.2 Å². The first kappa shape index (κ1) is 17.3. The topological polar surface area (TPSA) is 55.1 Å². The summed E-state index contributed by atoms with van der Waals surface area (Å²) >= 11 is 1.96. The molecule has 0 saturated carbocycles. The van der Waals surface area contributed by atoms with Crippen LogP contribution in [0, 0.1) is 0 Å². The van der Waals surface area contributed by atoms with E-state index >= 15 is 0 Å². The van der Waals surface area contributed by atoms with E-state index in [1.165, 1.54) is 18.6 Å². The van der Waals surface area contributed by atoms with Crippen LogP contribution in [0.3, 0.4) is 0 Å². The number of rotatable bonds is 5. The highest BCUT2D eigenvalue weighted by atomic mass is 35.5. The van der Waals surface area contributed by atoms with Crippen LogP contribution in [0.15, 0.2) is 30.3 Å². The number of thioether (sulfide) groups is 1. The zero-order valence-electron chi connectivity index (χ0n) is 11.8. The summed E-state index contributed by atoms with van der Waals surface area (Å²) in [6.07, 6.45) is 2.42. The monoisotopic (exact) mass is 314 g/mol. The second-order valence-corrected chi connectivity index (χ2v) is 7.00. The average molecular weight is 315 g/mol. The second-order valence-electron chi connectivity index (χ2n) is 5.32. The van der Waals surface area contributed by atoms with Crippen LogP contribution in [0.25, 0.3) is 0 Å². The van der Waals surface area contributed by atoms with E-state index in [-0.39, 0.29) is 29.0 Å². The van der Waals surface area contributed by atoms with Crippen molar-refractivity contribution >= 4 is 30.1 Å². The van der Waals surface area contributed by atoms with E-state index < -0.39 is 0 Å². The third-order valence-corrected chi connectivity index (χ3v) is 5.23. The summed E-state index contributed by atoms with van der Waals surface area (Å²) in [5.74, 6) is 1.00. The van der Waals surface area contributed by atoms with Gasteiger partial charge in [-0.2, -0.15) is 11.8 Å². The zero-order valence-corrected chi connectivity index (χ0v) is 13.4. The molecule has 0 radical (unpaired) electrons. The first-order valence-corrected chi connectivity index (χ1v) is 7.80. The fourth-order valence-electron chi connectivity index (χ4n) is 2.45. The lowest BCUT2D eigenvalue weighted by atomic mass is 9.98. The number of nitrogens with one attached hydrogen (secondary N) is 1. The molecule has 2 unspecified atom stereocenters. The first-order valence-electron chi connectivity index (χ1n) is 6.81. The minimum Gasteiger partial charge on any atom is -0.354 e. The molecule has 0 aromatic heterocycles. The van der Waals surface area contributed by atoms with Gasteiger partial charge in [-0.05, 0) is 31.1 Å². The molecule has 5 heteroatoms. The van der Waals surface area contributed by atoms with Crippen LogP contribution in [0.5, 0.6) is 0 Å². The summed E-state index contributed by atoms with van der Waals surface area (Å²) in [7, 11) is 0. The van der Waals surface area contributed by atoms with Gasteiger partial charge < -0.3 is 11.1 Å². The van der Waals surface area contributed by atoms with Gasteiger partial charge in [0.15, 0.2) is 0 Å². The third kappa shape index (κ3) is 4.40. The molecule has 0 bridgehead atoms. The van der Waals surface area contributed by atoms with Gasteiger partial charge >= 0.3 is 0 Å². The lowest BCUT2D eigenvalue weighted by molar-refractivity contribution is -0.122. The van der Waals surface area contributed by atoms with Crippen molar-refractivity contribution in [1.82, 2.24) is 5.32 Å². The van der Waals surface area contributed by atoms with E-state index in [0.29, 0.717) is 6.54 Å². The number of carbonyl (C=O) groups is 1. The van der Waals surface area contributed by atoms with Crippen LogP contribution in [-0.2, 0) is 4.79 Å². The lowest BCUT2D eigenvalue weighted by Crippen LogP contribution is -2.40. The van der Waals surface area contributed by atoms with E-state index in [1.54, 1.807) is 0 Å². The molecule has 0 aliphatic carbocycles. The van der Waals surface area contributed by atoms with Crippen molar-refractivity contribution in [2.45, 2.75) is 30.4 Å². The molecule has 1 amide bonds. The Hall–Kier alpha value is -0.710. The van der Waals surface area contributed by atoms with Crippen LogP contribution >= 0.6 is 24.2 Å². The molecule has 3 N–H and O–H groups in total. The van der Waals surface area contributed by atoms with Crippen molar-refractivity contribution < 1.29 is 4.79 Å². The normalized spacial score (nSPS) is 22.9. The number of amides is 1. The first-order chi connectivity index (χ1) is 9.14. The third-order valence-electron chi connectivity index (χ3n) is 3.69. The largest absolute Gasteiger partial charge is 0.354 e. The molecular weight excluding hydrogens is 292 g/mol. The fraction of sp³-hybridized carbons (Fsp3) is 0.533. The average Bonchev–Trinajstić information content (AvgIpc) is 2.86. The van der Waals surface area contributed by atoms with E-state index in [1.807, 2.05) is 42.1 Å². The van der Waals surface area contributed by atoms with Crippen LogP contribution in [0.4, 0.5) is 0 Å². The predicted molar refractivity (Wildman–Crippen MR) is 88.6 cm³/mol. The maximum Gasteiger partial charge on any atom is 0.228 e. The summed E-state index contributed by atoms with van der Waals surface area (Å²) in [5.41, 5.74) is 6.75. The van der Waals surface area contributed by atoms with Gasteiger partial charge in [0.05, 0.1) is 5.92 Å². The summed E-state index contributed by atoms with van der Waals surface area (Å²) in [5, 5.41) is 3.07. The van der Waals surface area contributed by atoms with Gasteiger partial charge in [0.1, 0.15) is 0 Å². The molecule has 1 saturated heterocycles. The van der Waals surface area contributed by atoms with Crippen molar-refractivity contribution in [1.29, 1.82) is 0 Å². The van der Waals surface area contributed by atoms with Crippen molar-refractivity contribution in [2.24, 2.45) is 5.73 Å². The Labute approximate surface area is 131 Å². The Kier molecular flexibility index (Phi) is 6.86. The molecule has 1 heterocycles. The van der Waals surface area contributed by atoms with E-state index in [2.05, 4.69) is 12.2 Å². The quantitative estimate of drug-likeness (QED) is 0.878. The fourth-order valence-corrected chi connectivity index (χ4v) is 3.70. The number of benzene rings is 1. The Morgan fingerprint density at radius 2 is 2.15 bits per heavy atom. The van der Waals surface area contributed by atoms with Gasteiger partial charge in [0, 0.05) is 17.8 Å². The van der Waals surface area contributed by atoms with Gasteiger partial charge in [-0.15, -0.1) is 12.4 Å². The molecule has 1 aliphatic rings. The smallest absolute Gasteiger partial charge is 0.228 e. The molecule has 20 heavy (non-hydrogen) atoms. The number of nitrogens with two attached hydrogens (primary N) is 1. The summed E-state index contributed by atoms with van der Waals surface area (Å²) in [6, 6.07) is 9.76. The molecular formula is C15H23ClN2OS. The van der Waals surface area contributed by atoms with Crippen molar-refractivity contribution in [3.8, 4) is 0 Å². The standard InChI is InChI=1S/C15H22N2OS.ClH/c1-15(8-5-9-19-15)11-17-14(18)13(10-16)12-6-3-2-4-7-12;/h2-4,6-7,13H,5,8-11,16H2,1H3,(H,17,18);1H. The molecule has 1 aliphatic heterocycles. The Morgan fingerprint density at radius 3 is 2.70 bits per heavy atom. The molecule has 1 fully saturated rings. The maximum absolute atomic E-state index is 12.3. The Bertz CT molecular complexity index is 421. The SMILES string of the molecule is CC1(CNC(=O)C(CN)c2ccccc2)CCCS1.Cl. The lowest BCUT2D eigenvalue weighted by Gasteiger charge is -2.24. The van der Waals surface area contributed by atoms with Crippen LogP contribution in [0.2, 0.25) is 0 Å². The molecule has 0 spiro atoms. The number of hydrogen-bond acceptors (Lipinski definition) is 3. The highest BCUT2D eigenvalue weighted by molar-refractivity contribution is 8.00. The molecule has 1 aromatic carbocycles. The van der Waals surface area contributed by atoms with Crippen molar-refractivity contribution in [3.05, 3.63) is 35.9 Å². The summed E-state index contributed by atoms with van der Waals surface area (Å²) in [6.45, 7) is 3.31. The van der Waals surface area contributed by atoms with Crippen molar-refractivity contribution in [2.75, 3.05) is 18.8 Å². The van der Waals surface area contributed by atoms with Gasteiger partial charge in [0.2, 0.25) is 5.91 Å². The summed E-state index contributed by atoms with van der Waals surface area (Å²) in [4.78, 5) is 12.3.